The topological polar surface area (TPSA) is 51.1 Å². The molecule has 4 heteroatoms. The SMILES string of the molecule is CC[C@@]12CCCn3c(C=O)cc(c31)C1C=CC=CC1NC(=O)CC2. The number of allylic oxidation sites excluding steroid dienone is 2. The van der Waals surface area contributed by atoms with Crippen molar-refractivity contribution in [2.75, 3.05) is 0 Å². The third kappa shape index (κ3) is 2.20. The van der Waals surface area contributed by atoms with Gasteiger partial charge in [-0.15, -0.1) is 0 Å². The summed E-state index contributed by atoms with van der Waals surface area (Å²) in [4.78, 5) is 24.1. The summed E-state index contributed by atoms with van der Waals surface area (Å²) in [6.07, 6.45) is 13.8. The predicted octanol–water partition coefficient (Wildman–Crippen LogP) is 3.23. The minimum Gasteiger partial charge on any atom is -0.349 e. The highest BCUT2D eigenvalue weighted by Crippen LogP contribution is 2.47. The van der Waals surface area contributed by atoms with E-state index in [1.807, 2.05) is 12.2 Å². The van der Waals surface area contributed by atoms with Crippen LogP contribution in [0.15, 0.2) is 30.4 Å². The third-order valence-corrected chi connectivity index (χ3v) is 6.15. The molecule has 1 N–H and O–H groups in total. The molecule has 0 bridgehead atoms. The quantitative estimate of drug-likeness (QED) is 0.849. The molecular weight excluding hydrogens is 300 g/mol. The summed E-state index contributed by atoms with van der Waals surface area (Å²) < 4.78 is 2.23. The molecule has 3 heterocycles. The molecule has 126 valence electrons. The van der Waals surface area contributed by atoms with Crippen LogP contribution in [0.2, 0.25) is 0 Å². The summed E-state index contributed by atoms with van der Waals surface area (Å²) >= 11 is 0. The van der Waals surface area contributed by atoms with Crippen molar-refractivity contribution in [3.05, 3.63) is 47.3 Å². The minimum absolute atomic E-state index is 0.00999. The lowest BCUT2D eigenvalue weighted by Gasteiger charge is -2.40. The van der Waals surface area contributed by atoms with Gasteiger partial charge in [0.05, 0.1) is 11.7 Å². The largest absolute Gasteiger partial charge is 0.349 e. The number of rotatable bonds is 2. The zero-order chi connectivity index (χ0) is 16.7. The lowest BCUT2D eigenvalue weighted by molar-refractivity contribution is -0.122. The number of carbonyl (C=O) groups excluding carboxylic acids is 2. The van der Waals surface area contributed by atoms with E-state index in [0.29, 0.717) is 6.42 Å². The van der Waals surface area contributed by atoms with E-state index in [9.17, 15) is 9.59 Å². The summed E-state index contributed by atoms with van der Waals surface area (Å²) in [5.74, 6) is 0.242. The normalized spacial score (nSPS) is 31.3. The van der Waals surface area contributed by atoms with Crippen molar-refractivity contribution >= 4 is 12.2 Å². The molecule has 2 aliphatic heterocycles. The smallest absolute Gasteiger partial charge is 0.220 e. The Morgan fingerprint density at radius 2 is 2.17 bits per heavy atom. The van der Waals surface area contributed by atoms with Gasteiger partial charge in [0, 0.05) is 30.0 Å². The molecule has 24 heavy (non-hydrogen) atoms. The van der Waals surface area contributed by atoms with E-state index in [4.69, 9.17) is 0 Å². The van der Waals surface area contributed by atoms with Crippen LogP contribution in [0, 0.1) is 0 Å². The molecule has 4 rings (SSSR count). The molecule has 0 saturated carbocycles. The standard InChI is InChI=1S/C20H24N2O2/c1-2-20-9-5-11-22-14(13-23)12-16(19(20)22)15-6-3-4-7-17(15)21-18(24)8-10-20/h3-4,6-7,12-13,15,17H,2,5,8-11H2,1H3,(H,21,24)/t15?,17?,20-/m0/s1. The number of nitrogens with zero attached hydrogens (tertiary/aromatic N) is 1. The number of aldehydes is 1. The number of aromatic nitrogens is 1. The molecule has 0 saturated heterocycles. The van der Waals surface area contributed by atoms with E-state index in [1.165, 1.54) is 11.3 Å². The Bertz CT molecular complexity index is 743. The van der Waals surface area contributed by atoms with Crippen molar-refractivity contribution < 1.29 is 9.59 Å². The lowest BCUT2D eigenvalue weighted by atomic mass is 9.69. The molecule has 1 amide bonds. The Labute approximate surface area is 142 Å². The molecule has 1 aliphatic carbocycles. The maximum absolute atomic E-state index is 12.4. The van der Waals surface area contributed by atoms with E-state index in [-0.39, 0.29) is 23.3 Å². The Morgan fingerprint density at radius 1 is 1.33 bits per heavy atom. The fourth-order valence-corrected chi connectivity index (χ4v) is 4.89. The lowest BCUT2D eigenvalue weighted by Crippen LogP contribution is -2.37. The van der Waals surface area contributed by atoms with Gasteiger partial charge in [-0.3, -0.25) is 9.59 Å². The van der Waals surface area contributed by atoms with E-state index in [1.54, 1.807) is 0 Å². The highest BCUT2D eigenvalue weighted by Gasteiger charge is 2.42. The highest BCUT2D eigenvalue weighted by molar-refractivity contribution is 5.78. The first-order valence-electron chi connectivity index (χ1n) is 9.02. The van der Waals surface area contributed by atoms with Crippen LogP contribution in [-0.2, 0) is 16.8 Å². The van der Waals surface area contributed by atoms with Gasteiger partial charge in [-0.25, -0.2) is 0 Å². The van der Waals surface area contributed by atoms with E-state index in [2.05, 4.69) is 35.0 Å². The van der Waals surface area contributed by atoms with E-state index in [0.717, 1.165) is 44.2 Å². The zero-order valence-electron chi connectivity index (χ0n) is 14.1. The summed E-state index contributed by atoms with van der Waals surface area (Å²) in [7, 11) is 0. The van der Waals surface area contributed by atoms with Crippen molar-refractivity contribution in [3.63, 3.8) is 0 Å². The molecule has 3 atom stereocenters. The van der Waals surface area contributed by atoms with Crippen molar-refractivity contribution in [3.8, 4) is 0 Å². The summed E-state index contributed by atoms with van der Waals surface area (Å²) in [6.45, 7) is 3.13. The number of carbonyl (C=O) groups is 2. The van der Waals surface area contributed by atoms with Gasteiger partial charge in [0.15, 0.2) is 6.29 Å². The molecule has 0 fully saturated rings. The first-order valence-corrected chi connectivity index (χ1v) is 9.02. The molecule has 3 aliphatic rings. The van der Waals surface area contributed by atoms with Gasteiger partial charge in [0.25, 0.3) is 0 Å². The van der Waals surface area contributed by atoms with Gasteiger partial charge in [-0.05, 0) is 37.3 Å². The summed E-state index contributed by atoms with van der Waals surface area (Å²) in [5.41, 5.74) is 3.33. The van der Waals surface area contributed by atoms with Gasteiger partial charge < -0.3 is 9.88 Å². The third-order valence-electron chi connectivity index (χ3n) is 6.15. The molecule has 2 unspecified atom stereocenters. The van der Waals surface area contributed by atoms with Crippen LogP contribution < -0.4 is 5.32 Å². The first kappa shape index (κ1) is 15.4. The summed E-state index contributed by atoms with van der Waals surface area (Å²) in [6, 6.07) is 2.04. The average Bonchev–Trinajstić information content (AvgIpc) is 3.01. The number of fused-ring (bicyclic) bond motifs is 2. The van der Waals surface area contributed by atoms with Crippen LogP contribution in [0.4, 0.5) is 0 Å². The number of hydrogen-bond donors (Lipinski definition) is 1. The van der Waals surface area contributed by atoms with Crippen LogP contribution >= 0.6 is 0 Å². The molecule has 1 aromatic rings. The van der Waals surface area contributed by atoms with Crippen molar-refractivity contribution in [2.45, 2.75) is 62.9 Å². The zero-order valence-corrected chi connectivity index (χ0v) is 14.1. The number of amides is 1. The van der Waals surface area contributed by atoms with Gasteiger partial charge in [-0.1, -0.05) is 31.2 Å². The average molecular weight is 324 g/mol. The van der Waals surface area contributed by atoms with Crippen molar-refractivity contribution in [1.82, 2.24) is 9.88 Å². The van der Waals surface area contributed by atoms with Gasteiger partial charge in [0.2, 0.25) is 5.91 Å². The van der Waals surface area contributed by atoms with Crippen molar-refractivity contribution in [2.24, 2.45) is 0 Å². The first-order chi connectivity index (χ1) is 11.7. The molecular formula is C20H24N2O2. The Morgan fingerprint density at radius 3 is 2.96 bits per heavy atom. The van der Waals surface area contributed by atoms with Gasteiger partial charge >= 0.3 is 0 Å². The number of nitrogens with one attached hydrogen (secondary N) is 1. The number of hydrogen-bond acceptors (Lipinski definition) is 2. The fraction of sp³-hybridized carbons (Fsp3) is 0.500. The predicted molar refractivity (Wildman–Crippen MR) is 93.2 cm³/mol. The highest BCUT2D eigenvalue weighted by atomic mass is 16.1. The fourth-order valence-electron chi connectivity index (χ4n) is 4.89. The van der Waals surface area contributed by atoms with Crippen LogP contribution in [0.5, 0.6) is 0 Å². The Hall–Kier alpha value is -2.10. The van der Waals surface area contributed by atoms with Crippen LogP contribution in [0.25, 0.3) is 0 Å². The Balaban J connectivity index is 1.96. The molecule has 0 radical (unpaired) electrons. The molecule has 1 aromatic heterocycles. The maximum Gasteiger partial charge on any atom is 0.220 e. The van der Waals surface area contributed by atoms with Crippen LogP contribution in [0.1, 0.15) is 66.7 Å². The van der Waals surface area contributed by atoms with E-state index >= 15 is 0 Å². The van der Waals surface area contributed by atoms with Gasteiger partial charge in [-0.2, -0.15) is 0 Å². The van der Waals surface area contributed by atoms with Crippen molar-refractivity contribution in [1.29, 1.82) is 0 Å². The minimum atomic E-state index is -0.0244. The van der Waals surface area contributed by atoms with Gasteiger partial charge in [0.1, 0.15) is 0 Å². The van der Waals surface area contributed by atoms with Crippen LogP contribution in [0.3, 0.4) is 0 Å². The van der Waals surface area contributed by atoms with E-state index < -0.39 is 0 Å². The second-order valence-electron chi connectivity index (χ2n) is 7.27. The van der Waals surface area contributed by atoms with Crippen LogP contribution in [-0.4, -0.2) is 22.8 Å². The second-order valence-corrected chi connectivity index (χ2v) is 7.27. The molecule has 0 spiro atoms. The summed E-state index contributed by atoms with van der Waals surface area (Å²) in [5, 5.41) is 3.18. The molecule has 0 aromatic carbocycles. The second kappa shape index (κ2) is 5.76. The maximum atomic E-state index is 12.4. The monoisotopic (exact) mass is 324 g/mol. The molecule has 4 nitrogen and oxygen atoms in total. The Kier molecular flexibility index (Phi) is 3.70.